The molecule has 1 atom stereocenters. The molecule has 4 rings (SSSR count). The van der Waals surface area contributed by atoms with E-state index in [4.69, 9.17) is 14.2 Å². The van der Waals surface area contributed by atoms with Crippen molar-refractivity contribution in [3.8, 4) is 22.9 Å². The SMILES string of the molecule is CCOc1ccc(-n2c(C)nnc2S[C@@H](C[N+](=O)[O-])c2ccc(OCc3ccc(C)cc3)c(OCC)c2)cc1. The van der Waals surface area contributed by atoms with E-state index in [1.54, 1.807) is 0 Å². The van der Waals surface area contributed by atoms with Gasteiger partial charge in [0.05, 0.1) is 13.2 Å². The minimum atomic E-state index is -0.532. The van der Waals surface area contributed by atoms with Gasteiger partial charge in [-0.15, -0.1) is 10.2 Å². The number of nitro groups is 1. The van der Waals surface area contributed by atoms with Crippen molar-refractivity contribution in [1.82, 2.24) is 14.8 Å². The Labute approximate surface area is 232 Å². The number of nitrogens with zero attached hydrogens (tertiary/aromatic N) is 4. The first-order valence-electron chi connectivity index (χ1n) is 12.8. The summed E-state index contributed by atoms with van der Waals surface area (Å²) in [5.41, 5.74) is 3.80. The monoisotopic (exact) mass is 548 g/mol. The van der Waals surface area contributed by atoms with Crippen molar-refractivity contribution in [3.63, 3.8) is 0 Å². The van der Waals surface area contributed by atoms with Crippen molar-refractivity contribution in [2.45, 2.75) is 44.7 Å². The third-order valence-corrected chi connectivity index (χ3v) is 7.10. The van der Waals surface area contributed by atoms with Gasteiger partial charge in [0.2, 0.25) is 6.54 Å². The number of hydrogen-bond donors (Lipinski definition) is 0. The zero-order valence-electron chi connectivity index (χ0n) is 22.5. The second kappa shape index (κ2) is 13.1. The predicted octanol–water partition coefficient (Wildman–Crippen LogP) is 6.37. The van der Waals surface area contributed by atoms with E-state index in [2.05, 4.69) is 10.2 Å². The van der Waals surface area contributed by atoms with Gasteiger partial charge in [-0.3, -0.25) is 14.7 Å². The molecule has 0 aliphatic rings. The van der Waals surface area contributed by atoms with E-state index in [1.807, 2.05) is 99.0 Å². The van der Waals surface area contributed by atoms with Crippen LogP contribution in [0.1, 0.15) is 41.6 Å². The molecule has 0 unspecified atom stereocenters. The molecule has 0 radical (unpaired) electrons. The summed E-state index contributed by atoms with van der Waals surface area (Å²) in [5, 5.41) is 20.3. The van der Waals surface area contributed by atoms with Crippen LogP contribution in [0, 0.1) is 24.0 Å². The summed E-state index contributed by atoms with van der Waals surface area (Å²) >= 11 is 1.29. The molecule has 9 nitrogen and oxygen atoms in total. The minimum absolute atomic E-state index is 0.297. The number of hydrogen-bond acceptors (Lipinski definition) is 8. The van der Waals surface area contributed by atoms with Crippen molar-refractivity contribution in [3.05, 3.63) is 99.4 Å². The van der Waals surface area contributed by atoms with Crippen LogP contribution in [0.2, 0.25) is 0 Å². The smallest absolute Gasteiger partial charge is 0.220 e. The van der Waals surface area contributed by atoms with Gasteiger partial charge in [-0.2, -0.15) is 0 Å². The van der Waals surface area contributed by atoms with E-state index in [1.165, 1.54) is 17.3 Å². The van der Waals surface area contributed by atoms with Gasteiger partial charge in [0.1, 0.15) is 23.4 Å². The van der Waals surface area contributed by atoms with Gasteiger partial charge in [0.25, 0.3) is 0 Å². The molecular weight excluding hydrogens is 516 g/mol. The van der Waals surface area contributed by atoms with Crippen molar-refractivity contribution < 1.29 is 19.1 Å². The lowest BCUT2D eigenvalue weighted by Crippen LogP contribution is -2.11. The zero-order valence-corrected chi connectivity index (χ0v) is 23.3. The first-order valence-corrected chi connectivity index (χ1v) is 13.6. The van der Waals surface area contributed by atoms with Crippen molar-refractivity contribution in [2.24, 2.45) is 0 Å². The maximum absolute atomic E-state index is 11.7. The van der Waals surface area contributed by atoms with Gasteiger partial charge in [0.15, 0.2) is 16.7 Å². The van der Waals surface area contributed by atoms with Gasteiger partial charge in [-0.05, 0) is 75.2 Å². The predicted molar refractivity (Wildman–Crippen MR) is 151 cm³/mol. The molecule has 0 aliphatic carbocycles. The summed E-state index contributed by atoms with van der Waals surface area (Å²) in [5.74, 6) is 2.57. The summed E-state index contributed by atoms with van der Waals surface area (Å²) in [6, 6.07) is 21.2. The van der Waals surface area contributed by atoms with Crippen LogP contribution in [0.4, 0.5) is 0 Å². The molecule has 0 aliphatic heterocycles. The van der Waals surface area contributed by atoms with Crippen molar-refractivity contribution >= 4 is 11.8 Å². The maximum atomic E-state index is 11.7. The quantitative estimate of drug-likeness (QED) is 0.108. The Bertz CT molecular complexity index is 1390. The standard InChI is InChI=1S/C29H32N4O5S/c1-5-36-25-14-12-24(13-15-25)33-21(4)30-31-29(33)39-28(18-32(34)35)23-11-16-26(27(17-23)37-6-2)38-19-22-9-7-20(3)8-10-22/h7-17,28H,5-6,18-19H2,1-4H3/t28-/m0/s1. The second-order valence-electron chi connectivity index (χ2n) is 8.83. The summed E-state index contributed by atoms with van der Waals surface area (Å²) in [6.07, 6.45) is 0. The van der Waals surface area contributed by atoms with E-state index < -0.39 is 5.25 Å². The normalized spacial score (nSPS) is 11.7. The van der Waals surface area contributed by atoms with E-state index in [0.29, 0.717) is 42.3 Å². The lowest BCUT2D eigenvalue weighted by molar-refractivity contribution is -0.479. The van der Waals surface area contributed by atoms with Crippen molar-refractivity contribution in [1.29, 1.82) is 0 Å². The molecule has 0 saturated carbocycles. The van der Waals surface area contributed by atoms with E-state index in [-0.39, 0.29) is 11.5 Å². The Morgan fingerprint density at radius 2 is 1.62 bits per heavy atom. The highest BCUT2D eigenvalue weighted by Gasteiger charge is 2.25. The topological polar surface area (TPSA) is 102 Å². The molecular formula is C29H32N4O5S. The average Bonchev–Trinajstić information content (AvgIpc) is 3.28. The van der Waals surface area contributed by atoms with Gasteiger partial charge >= 0.3 is 0 Å². The third-order valence-electron chi connectivity index (χ3n) is 5.92. The molecule has 0 fully saturated rings. The molecule has 204 valence electrons. The number of ether oxygens (including phenoxy) is 3. The van der Waals surface area contributed by atoms with E-state index >= 15 is 0 Å². The first-order chi connectivity index (χ1) is 18.9. The maximum Gasteiger partial charge on any atom is 0.220 e. The van der Waals surface area contributed by atoms with Gasteiger partial charge in [0, 0.05) is 10.6 Å². The molecule has 0 saturated heterocycles. The molecule has 4 aromatic rings. The Morgan fingerprint density at radius 1 is 0.897 bits per heavy atom. The lowest BCUT2D eigenvalue weighted by atomic mass is 10.1. The average molecular weight is 549 g/mol. The number of benzene rings is 3. The molecule has 0 bridgehead atoms. The summed E-state index contributed by atoms with van der Waals surface area (Å²) in [7, 11) is 0. The van der Waals surface area contributed by atoms with Crippen LogP contribution in [0.25, 0.3) is 5.69 Å². The Balaban J connectivity index is 1.60. The Kier molecular flexibility index (Phi) is 9.43. The fourth-order valence-corrected chi connectivity index (χ4v) is 5.17. The zero-order chi connectivity index (χ0) is 27.8. The molecule has 3 aromatic carbocycles. The highest BCUT2D eigenvalue weighted by atomic mass is 32.2. The molecule has 1 aromatic heterocycles. The van der Waals surface area contributed by atoms with E-state index in [9.17, 15) is 10.1 Å². The fourth-order valence-electron chi connectivity index (χ4n) is 4.01. The van der Waals surface area contributed by atoms with Crippen molar-refractivity contribution in [2.75, 3.05) is 19.8 Å². The number of aromatic nitrogens is 3. The summed E-state index contributed by atoms with van der Waals surface area (Å²) in [6.45, 7) is 8.81. The highest BCUT2D eigenvalue weighted by molar-refractivity contribution is 7.99. The number of aryl methyl sites for hydroxylation is 2. The summed E-state index contributed by atoms with van der Waals surface area (Å²) in [4.78, 5) is 11.4. The van der Waals surface area contributed by atoms with Gasteiger partial charge in [-0.1, -0.05) is 47.7 Å². The molecule has 1 heterocycles. The van der Waals surface area contributed by atoms with Crippen LogP contribution in [0.5, 0.6) is 17.2 Å². The molecule has 0 amide bonds. The molecule has 10 heteroatoms. The molecule has 0 N–H and O–H groups in total. The third kappa shape index (κ3) is 7.29. The van der Waals surface area contributed by atoms with Crippen LogP contribution < -0.4 is 14.2 Å². The van der Waals surface area contributed by atoms with Gasteiger partial charge < -0.3 is 14.2 Å². The summed E-state index contributed by atoms with van der Waals surface area (Å²) < 4.78 is 19.4. The highest BCUT2D eigenvalue weighted by Crippen LogP contribution is 2.40. The number of rotatable bonds is 13. The Hall–Kier alpha value is -4.05. The van der Waals surface area contributed by atoms with Crippen LogP contribution >= 0.6 is 11.8 Å². The van der Waals surface area contributed by atoms with Crippen LogP contribution in [-0.2, 0) is 6.61 Å². The van der Waals surface area contributed by atoms with E-state index in [0.717, 1.165) is 22.6 Å². The van der Waals surface area contributed by atoms with Crippen LogP contribution in [0.3, 0.4) is 0 Å². The van der Waals surface area contributed by atoms with Crippen LogP contribution in [-0.4, -0.2) is 39.4 Å². The largest absolute Gasteiger partial charge is 0.494 e. The fraction of sp³-hybridized carbons (Fsp3) is 0.310. The van der Waals surface area contributed by atoms with Crippen LogP contribution in [0.15, 0.2) is 71.9 Å². The number of thioether (sulfide) groups is 1. The molecule has 0 spiro atoms. The minimum Gasteiger partial charge on any atom is -0.494 e. The van der Waals surface area contributed by atoms with Gasteiger partial charge in [-0.25, -0.2) is 0 Å². The lowest BCUT2D eigenvalue weighted by Gasteiger charge is -2.17. The Morgan fingerprint density at radius 3 is 2.28 bits per heavy atom. The second-order valence-corrected chi connectivity index (χ2v) is 10.00. The first kappa shape index (κ1) is 28.0. The molecule has 39 heavy (non-hydrogen) atoms.